The van der Waals surface area contributed by atoms with Gasteiger partial charge in [0.2, 0.25) is 11.8 Å². The molecule has 1 saturated heterocycles. The van der Waals surface area contributed by atoms with E-state index in [1.807, 2.05) is 13.0 Å². The maximum atomic E-state index is 13.2. The number of aromatic nitrogens is 2. The van der Waals surface area contributed by atoms with Crippen LogP contribution in [0.1, 0.15) is 61.9 Å². The Labute approximate surface area is 194 Å². The summed E-state index contributed by atoms with van der Waals surface area (Å²) in [5.41, 5.74) is 3.05. The number of likely N-dealkylation sites (tertiary alicyclic amines) is 1. The number of nitrogens with zero attached hydrogens (tertiary/aromatic N) is 3. The van der Waals surface area contributed by atoms with Gasteiger partial charge in [0.05, 0.1) is 19.1 Å². The summed E-state index contributed by atoms with van der Waals surface area (Å²) >= 11 is 0. The summed E-state index contributed by atoms with van der Waals surface area (Å²) in [6, 6.07) is 7.27. The molecule has 2 N–H and O–H groups in total. The van der Waals surface area contributed by atoms with Gasteiger partial charge in [0.1, 0.15) is 5.82 Å². The molecule has 8 nitrogen and oxygen atoms in total. The van der Waals surface area contributed by atoms with Crippen molar-refractivity contribution in [3.8, 4) is 5.88 Å². The first-order valence-corrected chi connectivity index (χ1v) is 11.9. The summed E-state index contributed by atoms with van der Waals surface area (Å²) in [5.74, 6) is 0.523. The highest BCUT2D eigenvalue weighted by molar-refractivity contribution is 5.82. The number of fused-ring (bicyclic) bond motifs is 1. The SMILES string of the molecule is CCOc1ccc(C(CC(=O)O)N2CCC(CCCc3ccc4c(n3)NCCC4)C2=O)cn1. The van der Waals surface area contributed by atoms with E-state index in [9.17, 15) is 14.7 Å². The molecule has 4 rings (SSSR count). The minimum absolute atomic E-state index is 0.0372. The van der Waals surface area contributed by atoms with E-state index in [0.29, 0.717) is 19.0 Å². The van der Waals surface area contributed by atoms with E-state index in [1.54, 1.807) is 17.2 Å². The van der Waals surface area contributed by atoms with Crippen molar-refractivity contribution in [2.75, 3.05) is 25.0 Å². The zero-order chi connectivity index (χ0) is 23.2. The Hall–Kier alpha value is -3.16. The van der Waals surface area contributed by atoms with Crippen molar-refractivity contribution in [3.63, 3.8) is 0 Å². The molecule has 33 heavy (non-hydrogen) atoms. The number of rotatable bonds is 10. The number of pyridine rings is 2. The summed E-state index contributed by atoms with van der Waals surface area (Å²) in [6.07, 6.45) is 6.94. The zero-order valence-electron chi connectivity index (χ0n) is 19.1. The number of nitrogens with one attached hydrogen (secondary N) is 1. The molecule has 2 aromatic heterocycles. The normalized spacial score (nSPS) is 18.5. The van der Waals surface area contributed by atoms with Crippen LogP contribution in [0.3, 0.4) is 0 Å². The number of hydrogen-bond acceptors (Lipinski definition) is 6. The van der Waals surface area contributed by atoms with E-state index in [0.717, 1.165) is 62.1 Å². The largest absolute Gasteiger partial charge is 0.481 e. The van der Waals surface area contributed by atoms with Crippen molar-refractivity contribution in [3.05, 3.63) is 47.3 Å². The lowest BCUT2D eigenvalue weighted by atomic mass is 9.98. The number of aryl methyl sites for hydroxylation is 2. The Morgan fingerprint density at radius 3 is 2.97 bits per heavy atom. The summed E-state index contributed by atoms with van der Waals surface area (Å²) in [6.45, 7) is 3.92. The molecule has 2 aliphatic rings. The molecule has 2 aromatic rings. The number of amides is 1. The first-order chi connectivity index (χ1) is 16.0. The predicted molar refractivity (Wildman–Crippen MR) is 124 cm³/mol. The topological polar surface area (TPSA) is 105 Å². The van der Waals surface area contributed by atoms with Crippen LogP contribution in [0.5, 0.6) is 5.88 Å². The van der Waals surface area contributed by atoms with Gasteiger partial charge in [0, 0.05) is 37.0 Å². The molecule has 0 bridgehead atoms. The fourth-order valence-corrected chi connectivity index (χ4v) is 4.77. The van der Waals surface area contributed by atoms with Crippen LogP contribution < -0.4 is 10.1 Å². The maximum Gasteiger partial charge on any atom is 0.305 e. The second-order valence-electron chi connectivity index (χ2n) is 8.73. The lowest BCUT2D eigenvalue weighted by Crippen LogP contribution is -2.33. The zero-order valence-corrected chi connectivity index (χ0v) is 19.1. The number of carbonyl (C=O) groups excluding carboxylic acids is 1. The highest BCUT2D eigenvalue weighted by Gasteiger charge is 2.37. The van der Waals surface area contributed by atoms with Gasteiger partial charge >= 0.3 is 5.97 Å². The summed E-state index contributed by atoms with van der Waals surface area (Å²) in [4.78, 5) is 35.4. The molecule has 2 unspecified atom stereocenters. The Kier molecular flexibility index (Phi) is 7.42. The fraction of sp³-hybridized carbons (Fsp3) is 0.520. The lowest BCUT2D eigenvalue weighted by Gasteiger charge is -2.27. The van der Waals surface area contributed by atoms with Gasteiger partial charge < -0.3 is 20.1 Å². The van der Waals surface area contributed by atoms with E-state index in [2.05, 4.69) is 22.4 Å². The maximum absolute atomic E-state index is 13.2. The van der Waals surface area contributed by atoms with Crippen LogP contribution in [0.15, 0.2) is 30.5 Å². The third-order valence-corrected chi connectivity index (χ3v) is 6.47. The molecule has 0 radical (unpaired) electrons. The van der Waals surface area contributed by atoms with Crippen LogP contribution in [-0.4, -0.2) is 51.5 Å². The van der Waals surface area contributed by atoms with E-state index in [1.165, 1.54) is 5.56 Å². The van der Waals surface area contributed by atoms with E-state index in [4.69, 9.17) is 9.72 Å². The summed E-state index contributed by atoms with van der Waals surface area (Å²) in [5, 5.41) is 12.8. The molecular weight excluding hydrogens is 420 g/mol. The Bertz CT molecular complexity index is 979. The Morgan fingerprint density at radius 1 is 1.33 bits per heavy atom. The van der Waals surface area contributed by atoms with Crippen LogP contribution in [-0.2, 0) is 22.4 Å². The highest BCUT2D eigenvalue weighted by atomic mass is 16.5. The van der Waals surface area contributed by atoms with Crippen molar-refractivity contribution in [2.45, 2.75) is 57.9 Å². The number of anilines is 1. The predicted octanol–water partition coefficient (Wildman–Crippen LogP) is 3.62. The van der Waals surface area contributed by atoms with Crippen LogP contribution in [0.4, 0.5) is 5.82 Å². The monoisotopic (exact) mass is 452 g/mol. The highest BCUT2D eigenvalue weighted by Crippen LogP contribution is 2.33. The second kappa shape index (κ2) is 10.6. The molecule has 8 heteroatoms. The van der Waals surface area contributed by atoms with Gasteiger partial charge in [-0.2, -0.15) is 0 Å². The van der Waals surface area contributed by atoms with Crippen LogP contribution >= 0.6 is 0 Å². The van der Waals surface area contributed by atoms with Crippen molar-refractivity contribution >= 4 is 17.7 Å². The number of ether oxygens (including phenoxy) is 1. The van der Waals surface area contributed by atoms with Gasteiger partial charge in [-0.3, -0.25) is 9.59 Å². The lowest BCUT2D eigenvalue weighted by molar-refractivity contribution is -0.140. The van der Waals surface area contributed by atoms with Crippen molar-refractivity contribution in [2.24, 2.45) is 5.92 Å². The molecule has 0 spiro atoms. The standard InChI is InChI=1S/C25H32N4O4/c1-2-33-22-11-9-19(16-27-22)21(15-23(30)31)29-14-12-18(25(29)32)5-3-7-20-10-8-17-6-4-13-26-24(17)28-20/h8-11,16,18,21H,2-7,12-15H2,1H3,(H,26,28)(H,30,31). The average molecular weight is 453 g/mol. The quantitative estimate of drug-likeness (QED) is 0.567. The Morgan fingerprint density at radius 2 is 2.21 bits per heavy atom. The first-order valence-electron chi connectivity index (χ1n) is 11.9. The number of carboxylic acids is 1. The molecule has 1 amide bonds. The molecule has 0 saturated carbocycles. The molecule has 0 aromatic carbocycles. The van der Waals surface area contributed by atoms with Gasteiger partial charge in [0.15, 0.2) is 0 Å². The molecular formula is C25H32N4O4. The summed E-state index contributed by atoms with van der Waals surface area (Å²) < 4.78 is 5.38. The minimum Gasteiger partial charge on any atom is -0.481 e. The second-order valence-corrected chi connectivity index (χ2v) is 8.73. The van der Waals surface area contributed by atoms with Gasteiger partial charge in [0.25, 0.3) is 0 Å². The molecule has 176 valence electrons. The van der Waals surface area contributed by atoms with Gasteiger partial charge in [-0.1, -0.05) is 12.1 Å². The van der Waals surface area contributed by atoms with Crippen LogP contribution in [0.25, 0.3) is 0 Å². The van der Waals surface area contributed by atoms with Crippen LogP contribution in [0, 0.1) is 5.92 Å². The summed E-state index contributed by atoms with van der Waals surface area (Å²) in [7, 11) is 0. The number of hydrogen-bond donors (Lipinski definition) is 2. The average Bonchev–Trinajstić information content (AvgIpc) is 3.18. The number of carbonyl (C=O) groups is 2. The number of aliphatic carboxylic acids is 1. The van der Waals surface area contributed by atoms with Crippen LogP contribution in [0.2, 0.25) is 0 Å². The third kappa shape index (κ3) is 5.61. The molecule has 0 aliphatic carbocycles. The molecule has 4 heterocycles. The van der Waals surface area contributed by atoms with Gasteiger partial charge in [-0.25, -0.2) is 9.97 Å². The van der Waals surface area contributed by atoms with Crippen molar-refractivity contribution < 1.29 is 19.4 Å². The fourth-order valence-electron chi connectivity index (χ4n) is 4.77. The molecule has 1 fully saturated rings. The van der Waals surface area contributed by atoms with Gasteiger partial charge in [-0.15, -0.1) is 0 Å². The number of carboxylic acid groups (broad SMARTS) is 1. The van der Waals surface area contributed by atoms with Crippen molar-refractivity contribution in [1.29, 1.82) is 0 Å². The first kappa shape index (κ1) is 23.0. The van der Waals surface area contributed by atoms with Gasteiger partial charge in [-0.05, 0) is 62.6 Å². The van der Waals surface area contributed by atoms with Crippen molar-refractivity contribution in [1.82, 2.24) is 14.9 Å². The molecule has 2 aliphatic heterocycles. The smallest absolute Gasteiger partial charge is 0.305 e. The third-order valence-electron chi connectivity index (χ3n) is 6.47. The van der Waals surface area contributed by atoms with E-state index < -0.39 is 12.0 Å². The molecule has 2 atom stereocenters. The Balaban J connectivity index is 1.36. The van der Waals surface area contributed by atoms with E-state index in [-0.39, 0.29) is 18.2 Å². The van der Waals surface area contributed by atoms with E-state index >= 15 is 0 Å². The minimum atomic E-state index is -0.933.